The zero-order valence-corrected chi connectivity index (χ0v) is 17.6. The number of nitrogens with zero attached hydrogens (tertiary/aromatic N) is 1. The third kappa shape index (κ3) is 3.98. The molecule has 1 aromatic carbocycles. The molecule has 0 bridgehead atoms. The summed E-state index contributed by atoms with van der Waals surface area (Å²) >= 11 is 1.30. The quantitative estimate of drug-likeness (QED) is 0.648. The average molecular weight is 430 g/mol. The van der Waals surface area contributed by atoms with Crippen molar-refractivity contribution in [2.75, 3.05) is 46.5 Å². The van der Waals surface area contributed by atoms with Gasteiger partial charge in [-0.05, 0) is 29.1 Å². The molecule has 0 radical (unpaired) electrons. The first kappa shape index (κ1) is 20.6. The van der Waals surface area contributed by atoms with Crippen molar-refractivity contribution in [2.24, 2.45) is 0 Å². The van der Waals surface area contributed by atoms with E-state index >= 15 is 0 Å². The van der Waals surface area contributed by atoms with Crippen LogP contribution in [-0.2, 0) is 9.53 Å². The highest BCUT2D eigenvalue weighted by atomic mass is 32.1. The van der Waals surface area contributed by atoms with Gasteiger partial charge in [0.15, 0.2) is 5.76 Å². The molecule has 158 valence electrons. The number of methoxy groups -OCH3 is 1. The van der Waals surface area contributed by atoms with Crippen molar-refractivity contribution in [1.82, 2.24) is 4.90 Å². The SMILES string of the molecule is COc1ccc([C@H]2C(C(=O)c3cccs3)=C(O)C(=O)N2CC[NH+]2CCOCC2)cc1. The lowest BCUT2D eigenvalue weighted by Crippen LogP contribution is -3.14. The van der Waals surface area contributed by atoms with Crippen LogP contribution in [0.15, 0.2) is 53.1 Å². The molecule has 0 spiro atoms. The van der Waals surface area contributed by atoms with E-state index < -0.39 is 17.7 Å². The minimum absolute atomic E-state index is 0.143. The molecule has 1 fully saturated rings. The van der Waals surface area contributed by atoms with Gasteiger partial charge in [-0.1, -0.05) is 18.2 Å². The second-order valence-electron chi connectivity index (χ2n) is 7.36. The number of ether oxygens (including phenoxy) is 2. The fraction of sp³-hybridized carbons (Fsp3) is 0.364. The minimum atomic E-state index is -0.626. The van der Waals surface area contributed by atoms with Crippen LogP contribution < -0.4 is 9.64 Å². The van der Waals surface area contributed by atoms with Gasteiger partial charge in [-0.3, -0.25) is 9.59 Å². The number of ketones is 1. The molecule has 1 atom stereocenters. The van der Waals surface area contributed by atoms with E-state index in [2.05, 4.69) is 0 Å². The van der Waals surface area contributed by atoms with Gasteiger partial charge in [0.1, 0.15) is 18.8 Å². The molecule has 3 heterocycles. The molecular formula is C22H25N2O5S+. The normalized spacial score (nSPS) is 20.1. The van der Waals surface area contributed by atoms with Crippen LogP contribution in [0.5, 0.6) is 5.75 Å². The van der Waals surface area contributed by atoms with Gasteiger partial charge in [0.05, 0.1) is 49.9 Å². The highest BCUT2D eigenvalue weighted by Crippen LogP contribution is 2.39. The zero-order valence-electron chi connectivity index (χ0n) is 16.8. The van der Waals surface area contributed by atoms with E-state index in [0.717, 1.165) is 25.2 Å². The number of aliphatic hydroxyl groups excluding tert-OH is 1. The molecule has 8 heteroatoms. The van der Waals surface area contributed by atoms with Crippen LogP contribution in [0.1, 0.15) is 21.3 Å². The maximum Gasteiger partial charge on any atom is 0.290 e. The summed E-state index contributed by atoms with van der Waals surface area (Å²) in [4.78, 5) is 29.6. The molecule has 1 aromatic heterocycles. The number of amides is 1. The van der Waals surface area contributed by atoms with Gasteiger partial charge < -0.3 is 24.4 Å². The summed E-state index contributed by atoms with van der Waals surface area (Å²) < 4.78 is 10.6. The Labute approximate surface area is 179 Å². The van der Waals surface area contributed by atoms with E-state index in [-0.39, 0.29) is 11.4 Å². The number of carbonyl (C=O) groups excluding carboxylic acids is 2. The van der Waals surface area contributed by atoms with Gasteiger partial charge in [0.2, 0.25) is 5.78 Å². The number of benzene rings is 1. The number of aliphatic hydroxyl groups is 1. The summed E-state index contributed by atoms with van der Waals surface area (Å²) in [5.41, 5.74) is 0.912. The second-order valence-corrected chi connectivity index (χ2v) is 8.30. The third-order valence-corrected chi connectivity index (χ3v) is 6.50. The van der Waals surface area contributed by atoms with Crippen molar-refractivity contribution in [3.8, 4) is 5.75 Å². The Kier molecular flexibility index (Phi) is 6.17. The standard InChI is InChI=1S/C22H24N2O5S/c1-28-16-6-4-15(5-7-16)19-18(20(25)17-3-2-14-30-17)21(26)22(27)24(19)9-8-23-10-12-29-13-11-23/h2-7,14,19,26H,8-13H2,1H3/p+1/t19-/m0/s1. The van der Waals surface area contributed by atoms with Crippen molar-refractivity contribution in [3.63, 3.8) is 0 Å². The number of Topliss-reactive ketones (excluding diaryl/α,β-unsaturated/α-hetero) is 1. The number of nitrogens with one attached hydrogen (secondary N) is 1. The van der Waals surface area contributed by atoms with Gasteiger partial charge in [-0.25, -0.2) is 0 Å². The summed E-state index contributed by atoms with van der Waals surface area (Å²) in [6.07, 6.45) is 0. The number of morpholine rings is 1. The smallest absolute Gasteiger partial charge is 0.290 e. The number of hydrogen-bond acceptors (Lipinski definition) is 6. The predicted octanol–water partition coefficient (Wildman–Crippen LogP) is 1.25. The van der Waals surface area contributed by atoms with E-state index in [1.165, 1.54) is 16.2 Å². The first-order chi connectivity index (χ1) is 14.6. The highest BCUT2D eigenvalue weighted by Gasteiger charge is 2.44. The molecule has 1 saturated heterocycles. The Morgan fingerprint density at radius 3 is 2.63 bits per heavy atom. The maximum atomic E-state index is 13.2. The first-order valence-electron chi connectivity index (χ1n) is 9.97. The number of quaternary nitrogens is 1. The van der Waals surface area contributed by atoms with E-state index in [4.69, 9.17) is 9.47 Å². The monoisotopic (exact) mass is 429 g/mol. The Hall–Kier alpha value is -2.68. The Morgan fingerprint density at radius 1 is 1.27 bits per heavy atom. The fourth-order valence-corrected chi connectivity index (χ4v) is 4.66. The van der Waals surface area contributed by atoms with Crippen LogP contribution in [-0.4, -0.2) is 68.2 Å². The van der Waals surface area contributed by atoms with E-state index in [1.807, 2.05) is 17.5 Å². The van der Waals surface area contributed by atoms with Crippen LogP contribution >= 0.6 is 11.3 Å². The molecule has 2 aromatic rings. The molecule has 2 N–H and O–H groups in total. The van der Waals surface area contributed by atoms with Crippen LogP contribution in [0, 0.1) is 0 Å². The summed E-state index contributed by atoms with van der Waals surface area (Å²) in [5, 5.41) is 12.5. The Bertz CT molecular complexity index is 933. The topological polar surface area (TPSA) is 80.5 Å². The Morgan fingerprint density at radius 2 is 2.00 bits per heavy atom. The summed E-state index contributed by atoms with van der Waals surface area (Å²) in [6, 6.07) is 10.1. The number of carbonyl (C=O) groups is 2. The molecule has 2 aliphatic rings. The first-order valence-corrected chi connectivity index (χ1v) is 10.9. The molecule has 4 rings (SSSR count). The van der Waals surface area contributed by atoms with E-state index in [0.29, 0.717) is 30.4 Å². The minimum Gasteiger partial charge on any atom is -0.503 e. The fourth-order valence-electron chi connectivity index (χ4n) is 3.98. The van der Waals surface area contributed by atoms with E-state index in [1.54, 1.807) is 36.3 Å². The van der Waals surface area contributed by atoms with Crippen LogP contribution in [0.4, 0.5) is 0 Å². The molecule has 1 amide bonds. The molecule has 0 saturated carbocycles. The molecule has 0 aliphatic carbocycles. The van der Waals surface area contributed by atoms with Gasteiger partial charge >= 0.3 is 0 Å². The highest BCUT2D eigenvalue weighted by molar-refractivity contribution is 7.12. The zero-order chi connectivity index (χ0) is 21.1. The molecule has 2 aliphatic heterocycles. The number of thiophene rings is 1. The van der Waals surface area contributed by atoms with Crippen molar-refractivity contribution in [2.45, 2.75) is 6.04 Å². The van der Waals surface area contributed by atoms with Crippen molar-refractivity contribution in [1.29, 1.82) is 0 Å². The molecule has 7 nitrogen and oxygen atoms in total. The summed E-state index contributed by atoms with van der Waals surface area (Å²) in [7, 11) is 1.59. The van der Waals surface area contributed by atoms with Gasteiger partial charge in [-0.2, -0.15) is 0 Å². The molecule has 0 unspecified atom stereocenters. The van der Waals surface area contributed by atoms with Gasteiger partial charge in [-0.15, -0.1) is 11.3 Å². The second kappa shape index (κ2) is 8.99. The van der Waals surface area contributed by atoms with Crippen LogP contribution in [0.25, 0.3) is 0 Å². The van der Waals surface area contributed by atoms with Crippen molar-refractivity contribution < 1.29 is 29.1 Å². The molecule has 30 heavy (non-hydrogen) atoms. The lowest BCUT2D eigenvalue weighted by Gasteiger charge is -2.30. The van der Waals surface area contributed by atoms with Gasteiger partial charge in [0.25, 0.3) is 5.91 Å². The van der Waals surface area contributed by atoms with Gasteiger partial charge in [0, 0.05) is 0 Å². The van der Waals surface area contributed by atoms with Crippen LogP contribution in [0.3, 0.4) is 0 Å². The average Bonchev–Trinajstić information content (AvgIpc) is 3.41. The maximum absolute atomic E-state index is 13.2. The largest absolute Gasteiger partial charge is 0.503 e. The van der Waals surface area contributed by atoms with E-state index in [9.17, 15) is 14.7 Å². The number of hydrogen-bond donors (Lipinski definition) is 2. The van der Waals surface area contributed by atoms with Crippen molar-refractivity contribution in [3.05, 3.63) is 63.6 Å². The summed E-state index contributed by atoms with van der Waals surface area (Å²) in [5.74, 6) is -0.570. The number of rotatable bonds is 7. The van der Waals surface area contributed by atoms with Crippen LogP contribution in [0.2, 0.25) is 0 Å². The summed E-state index contributed by atoms with van der Waals surface area (Å²) in [6.45, 7) is 4.35. The van der Waals surface area contributed by atoms with Crippen molar-refractivity contribution >= 4 is 23.0 Å². The lowest BCUT2D eigenvalue weighted by molar-refractivity contribution is -0.907. The Balaban J connectivity index is 1.66. The molecular weight excluding hydrogens is 404 g/mol. The predicted molar refractivity (Wildman–Crippen MR) is 112 cm³/mol. The third-order valence-electron chi connectivity index (χ3n) is 5.63. The lowest BCUT2D eigenvalue weighted by atomic mass is 9.95.